The molecule has 3 aliphatic rings. The Balaban J connectivity index is 1.03. The van der Waals surface area contributed by atoms with Crippen molar-refractivity contribution in [2.75, 3.05) is 19.7 Å². The van der Waals surface area contributed by atoms with Crippen LogP contribution in [0.4, 0.5) is 4.39 Å². The summed E-state index contributed by atoms with van der Waals surface area (Å²) in [6, 6.07) is 10.1. The highest BCUT2D eigenvalue weighted by Crippen LogP contribution is 2.29. The molecular weight excluding hydrogens is 688 g/mol. The lowest BCUT2D eigenvalue weighted by Gasteiger charge is -2.29. The molecule has 2 fully saturated rings. The predicted molar refractivity (Wildman–Crippen MR) is 174 cm³/mol. The highest BCUT2D eigenvalue weighted by molar-refractivity contribution is 14.1. The number of benzene rings is 2. The smallest absolute Gasteiger partial charge is 0.335 e. The predicted octanol–water partition coefficient (Wildman–Crippen LogP) is 5.69. The molecule has 0 spiro atoms. The normalized spacial score (nSPS) is 18.2. The van der Waals surface area contributed by atoms with E-state index in [9.17, 15) is 14.3 Å². The van der Waals surface area contributed by atoms with E-state index in [4.69, 9.17) is 14.5 Å². The number of fused-ring (bicyclic) bond motifs is 1. The number of nitrogens with zero attached hydrogens (tertiary/aromatic N) is 5. The van der Waals surface area contributed by atoms with E-state index in [-0.39, 0.29) is 24.1 Å². The molecule has 9 nitrogen and oxygen atoms in total. The maximum Gasteiger partial charge on any atom is 0.335 e. The largest absolute Gasteiger partial charge is 0.478 e. The molecule has 1 aliphatic carbocycles. The molecule has 0 radical (unpaired) electrons. The standard InChI is InChI=1S/C34H31FIN5O4/c35-27-15-22(4-3-21-1-2-21)5-6-25(27)20-45-33-28(36)17-37-32(39-33)23-9-12-40(13-10-23)19-31-38-29-8-7-24(34(42)43)16-30(29)41(31)18-26-11-14-44-26/h5-9,15-17,21,26H,1-2,10-14,18-20H2,(H,42,43). The van der Waals surface area contributed by atoms with Gasteiger partial charge in [0.25, 0.3) is 0 Å². The molecule has 0 amide bonds. The number of aromatic carboxylic acids is 1. The van der Waals surface area contributed by atoms with Crippen LogP contribution < -0.4 is 4.74 Å². The molecule has 11 heteroatoms. The Hall–Kier alpha value is -3.86. The zero-order valence-electron chi connectivity index (χ0n) is 24.5. The summed E-state index contributed by atoms with van der Waals surface area (Å²) in [5.74, 6) is 7.29. The molecule has 2 aliphatic heterocycles. The van der Waals surface area contributed by atoms with E-state index >= 15 is 0 Å². The fraction of sp³-hybridized carbons (Fsp3) is 0.353. The highest BCUT2D eigenvalue weighted by atomic mass is 127. The van der Waals surface area contributed by atoms with Crippen LogP contribution in [0.3, 0.4) is 0 Å². The van der Waals surface area contributed by atoms with Gasteiger partial charge in [-0.1, -0.05) is 24.0 Å². The Morgan fingerprint density at radius 3 is 2.76 bits per heavy atom. The molecule has 4 heterocycles. The van der Waals surface area contributed by atoms with Crippen molar-refractivity contribution in [3.05, 3.63) is 86.4 Å². The number of carbonyl (C=O) groups is 1. The summed E-state index contributed by atoms with van der Waals surface area (Å²) in [6.45, 7) is 3.54. The second-order valence-electron chi connectivity index (χ2n) is 11.6. The molecule has 4 aromatic rings. The summed E-state index contributed by atoms with van der Waals surface area (Å²) < 4.78 is 29.3. The van der Waals surface area contributed by atoms with Crippen LogP contribution in [0.2, 0.25) is 0 Å². The Labute approximate surface area is 273 Å². The minimum absolute atomic E-state index is 0.0578. The van der Waals surface area contributed by atoms with Crippen molar-refractivity contribution in [3.63, 3.8) is 0 Å². The van der Waals surface area contributed by atoms with E-state index in [1.807, 2.05) is 6.07 Å². The summed E-state index contributed by atoms with van der Waals surface area (Å²) in [5.41, 5.74) is 3.99. The van der Waals surface area contributed by atoms with Crippen molar-refractivity contribution in [1.29, 1.82) is 0 Å². The van der Waals surface area contributed by atoms with Crippen molar-refractivity contribution >= 4 is 45.2 Å². The average Bonchev–Trinajstić information content (AvgIpc) is 3.79. The minimum Gasteiger partial charge on any atom is -0.478 e. The molecule has 1 N–H and O–H groups in total. The van der Waals surface area contributed by atoms with Gasteiger partial charge in [0.2, 0.25) is 5.88 Å². The van der Waals surface area contributed by atoms with Crippen LogP contribution in [0.5, 0.6) is 5.88 Å². The van der Waals surface area contributed by atoms with E-state index in [1.165, 1.54) is 6.07 Å². The first kappa shape index (κ1) is 29.8. The molecule has 0 bridgehead atoms. The number of imidazole rings is 1. The molecule has 2 aromatic heterocycles. The number of aromatic nitrogens is 4. The van der Waals surface area contributed by atoms with Crippen molar-refractivity contribution in [3.8, 4) is 17.7 Å². The van der Waals surface area contributed by atoms with E-state index in [2.05, 4.69) is 59.9 Å². The zero-order valence-corrected chi connectivity index (χ0v) is 26.7. The summed E-state index contributed by atoms with van der Waals surface area (Å²) in [6.07, 6.45) is 7.96. The van der Waals surface area contributed by atoms with E-state index in [0.717, 1.165) is 64.8 Å². The third kappa shape index (κ3) is 6.88. The van der Waals surface area contributed by atoms with Crippen LogP contribution >= 0.6 is 22.6 Å². The Bertz CT molecular complexity index is 1870. The minimum atomic E-state index is -0.957. The Morgan fingerprint density at radius 2 is 2.04 bits per heavy atom. The van der Waals surface area contributed by atoms with Crippen molar-refractivity contribution in [2.45, 2.75) is 51.5 Å². The van der Waals surface area contributed by atoms with Gasteiger partial charge in [-0.3, -0.25) is 4.90 Å². The van der Waals surface area contributed by atoms with Crippen LogP contribution in [-0.4, -0.2) is 61.3 Å². The summed E-state index contributed by atoms with van der Waals surface area (Å²) in [4.78, 5) is 28.0. The van der Waals surface area contributed by atoms with E-state index in [0.29, 0.717) is 48.4 Å². The van der Waals surface area contributed by atoms with Crippen molar-refractivity contribution < 1.29 is 23.8 Å². The molecule has 1 saturated heterocycles. The molecule has 2 aromatic carbocycles. The maximum atomic E-state index is 14.7. The molecule has 7 rings (SSSR count). The molecule has 1 saturated carbocycles. The van der Waals surface area contributed by atoms with Gasteiger partial charge in [0, 0.05) is 42.9 Å². The zero-order chi connectivity index (χ0) is 30.9. The molecule has 45 heavy (non-hydrogen) atoms. The first-order valence-electron chi connectivity index (χ1n) is 15.1. The fourth-order valence-corrected chi connectivity index (χ4v) is 5.84. The van der Waals surface area contributed by atoms with Gasteiger partial charge in [0.05, 0.1) is 39.4 Å². The fourth-order valence-electron chi connectivity index (χ4n) is 5.43. The number of carboxylic acids is 1. The second kappa shape index (κ2) is 12.9. The topological polar surface area (TPSA) is 103 Å². The quantitative estimate of drug-likeness (QED) is 0.174. The molecular formula is C34H31FIN5O4. The number of carboxylic acid groups (broad SMARTS) is 1. The van der Waals surface area contributed by atoms with Gasteiger partial charge in [-0.2, -0.15) is 4.98 Å². The lowest BCUT2D eigenvalue weighted by Crippen LogP contribution is -2.33. The number of hydrogen-bond acceptors (Lipinski definition) is 7. The first-order chi connectivity index (χ1) is 21.9. The van der Waals surface area contributed by atoms with Crippen LogP contribution in [0.1, 0.15) is 58.8 Å². The second-order valence-corrected chi connectivity index (χ2v) is 12.8. The lowest BCUT2D eigenvalue weighted by molar-refractivity contribution is -0.0591. The summed E-state index contributed by atoms with van der Waals surface area (Å²) in [5, 5.41) is 9.52. The van der Waals surface area contributed by atoms with Crippen LogP contribution in [-0.2, 0) is 24.4 Å². The molecule has 1 unspecified atom stereocenters. The highest BCUT2D eigenvalue weighted by Gasteiger charge is 2.24. The van der Waals surface area contributed by atoms with Gasteiger partial charge in [-0.15, -0.1) is 0 Å². The molecule has 230 valence electrons. The maximum absolute atomic E-state index is 14.7. The lowest BCUT2D eigenvalue weighted by atomic mass is 10.1. The van der Waals surface area contributed by atoms with Gasteiger partial charge in [-0.05, 0) is 84.2 Å². The number of ether oxygens (including phenoxy) is 2. The van der Waals surface area contributed by atoms with Gasteiger partial charge in [0.15, 0.2) is 5.82 Å². The van der Waals surface area contributed by atoms with Crippen LogP contribution in [0, 0.1) is 27.1 Å². The Morgan fingerprint density at radius 1 is 1.18 bits per heavy atom. The third-order valence-corrected chi connectivity index (χ3v) is 9.07. The van der Waals surface area contributed by atoms with E-state index < -0.39 is 5.97 Å². The Kier molecular flexibility index (Phi) is 8.53. The SMILES string of the molecule is O=C(O)c1ccc2nc(CN3CC=C(c4ncc(I)c(OCc5ccc(C#CC6CC6)cc5F)n4)CC3)n(CC3CCO3)c2c1. The van der Waals surface area contributed by atoms with E-state index in [1.54, 1.807) is 30.5 Å². The van der Waals surface area contributed by atoms with Gasteiger partial charge in [0.1, 0.15) is 18.2 Å². The summed E-state index contributed by atoms with van der Waals surface area (Å²) >= 11 is 2.13. The van der Waals surface area contributed by atoms with Gasteiger partial charge in [-0.25, -0.2) is 19.2 Å². The van der Waals surface area contributed by atoms with Gasteiger partial charge < -0.3 is 19.1 Å². The van der Waals surface area contributed by atoms with Gasteiger partial charge >= 0.3 is 5.97 Å². The first-order valence-corrected chi connectivity index (χ1v) is 16.2. The third-order valence-electron chi connectivity index (χ3n) is 8.33. The van der Waals surface area contributed by atoms with Crippen LogP contribution in [0.15, 0.2) is 48.7 Å². The summed E-state index contributed by atoms with van der Waals surface area (Å²) in [7, 11) is 0. The van der Waals surface area contributed by atoms with Crippen molar-refractivity contribution in [1.82, 2.24) is 24.4 Å². The number of hydrogen-bond donors (Lipinski definition) is 1. The monoisotopic (exact) mass is 719 g/mol. The number of rotatable bonds is 9. The average molecular weight is 720 g/mol. The van der Waals surface area contributed by atoms with Crippen LogP contribution in [0.25, 0.3) is 16.6 Å². The number of halogens is 2. The van der Waals surface area contributed by atoms with Crippen molar-refractivity contribution in [2.24, 2.45) is 5.92 Å². The molecule has 1 atom stereocenters.